The zero-order chi connectivity index (χ0) is 12.8. The molecule has 0 saturated carbocycles. The standard InChI is InChI=1S/C12H12N2O3/c1-8-2-3-9(7-13)6-10(8)14-11(15)4-5-12(16)17/h2-3,6H,4-5H2,1H3,(H,14,15)(H,16,17). The Labute approximate surface area is 98.7 Å². The summed E-state index contributed by atoms with van der Waals surface area (Å²) in [5.74, 6) is -1.38. The number of nitrogens with one attached hydrogen (secondary N) is 1. The number of carboxylic acid groups (broad SMARTS) is 1. The first kappa shape index (κ1) is 12.7. The van der Waals surface area contributed by atoms with Crippen molar-refractivity contribution >= 4 is 17.6 Å². The molecule has 1 rings (SSSR count). The average molecular weight is 232 g/mol. The van der Waals surface area contributed by atoms with Gasteiger partial charge in [-0.25, -0.2) is 0 Å². The molecule has 0 unspecified atom stereocenters. The summed E-state index contributed by atoms with van der Waals surface area (Å²) in [6.07, 6.45) is -0.283. The van der Waals surface area contributed by atoms with Crippen LogP contribution in [0.4, 0.5) is 5.69 Å². The highest BCUT2D eigenvalue weighted by molar-refractivity contribution is 5.93. The van der Waals surface area contributed by atoms with E-state index < -0.39 is 5.97 Å². The van der Waals surface area contributed by atoms with Crippen LogP contribution in [0.1, 0.15) is 24.0 Å². The molecule has 0 aliphatic rings. The van der Waals surface area contributed by atoms with Crippen LogP contribution in [-0.2, 0) is 9.59 Å². The normalized spacial score (nSPS) is 9.41. The third kappa shape index (κ3) is 3.95. The Hall–Kier alpha value is -2.35. The van der Waals surface area contributed by atoms with E-state index in [1.807, 2.05) is 6.07 Å². The zero-order valence-corrected chi connectivity index (χ0v) is 9.36. The van der Waals surface area contributed by atoms with Crippen LogP contribution in [0, 0.1) is 18.3 Å². The minimum absolute atomic E-state index is 0.0778. The van der Waals surface area contributed by atoms with Gasteiger partial charge in [0.25, 0.3) is 0 Å². The SMILES string of the molecule is Cc1ccc(C#N)cc1NC(=O)CCC(=O)O. The molecule has 88 valence electrons. The molecular formula is C12H12N2O3. The number of rotatable bonds is 4. The highest BCUT2D eigenvalue weighted by atomic mass is 16.4. The second kappa shape index (κ2) is 5.66. The number of carbonyl (C=O) groups is 2. The lowest BCUT2D eigenvalue weighted by Gasteiger charge is -2.07. The summed E-state index contributed by atoms with van der Waals surface area (Å²) in [5.41, 5.74) is 1.82. The van der Waals surface area contributed by atoms with E-state index in [2.05, 4.69) is 5.32 Å². The Morgan fingerprint density at radius 3 is 2.71 bits per heavy atom. The number of aliphatic carboxylic acids is 1. The summed E-state index contributed by atoms with van der Waals surface area (Å²) in [6, 6.07) is 6.92. The molecule has 1 amide bonds. The Morgan fingerprint density at radius 1 is 1.41 bits per heavy atom. The first-order chi connectivity index (χ1) is 8.02. The first-order valence-electron chi connectivity index (χ1n) is 5.05. The van der Waals surface area contributed by atoms with Gasteiger partial charge in [0, 0.05) is 12.1 Å². The van der Waals surface area contributed by atoms with Gasteiger partial charge in [-0.2, -0.15) is 5.26 Å². The number of hydrogen-bond acceptors (Lipinski definition) is 3. The van der Waals surface area contributed by atoms with Crippen molar-refractivity contribution in [2.24, 2.45) is 0 Å². The molecule has 0 aliphatic carbocycles. The zero-order valence-electron chi connectivity index (χ0n) is 9.36. The molecule has 17 heavy (non-hydrogen) atoms. The van der Waals surface area contributed by atoms with Crippen molar-refractivity contribution in [2.75, 3.05) is 5.32 Å². The Balaban J connectivity index is 2.71. The van der Waals surface area contributed by atoms with Gasteiger partial charge in [0.1, 0.15) is 0 Å². The van der Waals surface area contributed by atoms with Crippen molar-refractivity contribution < 1.29 is 14.7 Å². The first-order valence-corrected chi connectivity index (χ1v) is 5.05. The highest BCUT2D eigenvalue weighted by Gasteiger charge is 2.07. The van der Waals surface area contributed by atoms with Gasteiger partial charge in [-0.1, -0.05) is 6.07 Å². The second-order valence-electron chi connectivity index (χ2n) is 3.58. The van der Waals surface area contributed by atoms with Crippen molar-refractivity contribution in [3.8, 4) is 6.07 Å². The van der Waals surface area contributed by atoms with E-state index in [1.165, 1.54) is 0 Å². The molecule has 0 spiro atoms. The van der Waals surface area contributed by atoms with Crippen LogP contribution in [0.5, 0.6) is 0 Å². The summed E-state index contributed by atoms with van der Waals surface area (Å²) < 4.78 is 0. The van der Waals surface area contributed by atoms with E-state index in [-0.39, 0.29) is 18.7 Å². The third-order valence-corrected chi connectivity index (χ3v) is 2.21. The number of amides is 1. The van der Waals surface area contributed by atoms with Crippen LogP contribution >= 0.6 is 0 Å². The van der Waals surface area contributed by atoms with Gasteiger partial charge in [0.2, 0.25) is 5.91 Å². The van der Waals surface area contributed by atoms with Crippen molar-refractivity contribution in [1.82, 2.24) is 0 Å². The minimum Gasteiger partial charge on any atom is -0.481 e. The van der Waals surface area contributed by atoms with Crippen LogP contribution in [0.25, 0.3) is 0 Å². The van der Waals surface area contributed by atoms with Crippen LogP contribution in [0.15, 0.2) is 18.2 Å². The molecule has 2 N–H and O–H groups in total. The molecule has 1 aromatic rings. The van der Waals surface area contributed by atoms with Crippen LogP contribution in [0.2, 0.25) is 0 Å². The molecule has 5 heteroatoms. The molecule has 5 nitrogen and oxygen atoms in total. The number of carbonyl (C=O) groups excluding carboxylic acids is 1. The minimum atomic E-state index is -1.01. The molecule has 0 radical (unpaired) electrons. The van der Waals surface area contributed by atoms with Crippen LogP contribution < -0.4 is 5.32 Å². The number of aryl methyl sites for hydroxylation is 1. The maximum atomic E-state index is 11.4. The fourth-order valence-corrected chi connectivity index (χ4v) is 1.26. The number of hydrogen-bond donors (Lipinski definition) is 2. The maximum Gasteiger partial charge on any atom is 0.303 e. The van der Waals surface area contributed by atoms with Gasteiger partial charge in [-0.3, -0.25) is 9.59 Å². The molecule has 0 bridgehead atoms. The van der Waals surface area contributed by atoms with Crippen molar-refractivity contribution in [2.45, 2.75) is 19.8 Å². The Bertz CT molecular complexity index is 489. The van der Waals surface area contributed by atoms with E-state index in [4.69, 9.17) is 10.4 Å². The quantitative estimate of drug-likeness (QED) is 0.826. The van der Waals surface area contributed by atoms with E-state index >= 15 is 0 Å². The van der Waals surface area contributed by atoms with E-state index in [9.17, 15) is 9.59 Å². The number of carboxylic acids is 1. The van der Waals surface area contributed by atoms with E-state index in [0.29, 0.717) is 11.3 Å². The van der Waals surface area contributed by atoms with Crippen molar-refractivity contribution in [3.63, 3.8) is 0 Å². The number of benzene rings is 1. The lowest BCUT2D eigenvalue weighted by molar-refractivity contribution is -0.138. The largest absolute Gasteiger partial charge is 0.481 e. The maximum absolute atomic E-state index is 11.4. The van der Waals surface area contributed by atoms with Gasteiger partial charge < -0.3 is 10.4 Å². The lowest BCUT2D eigenvalue weighted by Crippen LogP contribution is -2.14. The monoisotopic (exact) mass is 232 g/mol. The lowest BCUT2D eigenvalue weighted by atomic mass is 10.1. The molecule has 0 heterocycles. The van der Waals surface area contributed by atoms with Crippen LogP contribution in [0.3, 0.4) is 0 Å². The summed E-state index contributed by atoms with van der Waals surface area (Å²) in [5, 5.41) is 19.8. The third-order valence-electron chi connectivity index (χ3n) is 2.21. The molecule has 0 fully saturated rings. The molecule has 0 aromatic heterocycles. The van der Waals surface area contributed by atoms with Gasteiger partial charge in [-0.15, -0.1) is 0 Å². The molecule has 0 aliphatic heterocycles. The van der Waals surface area contributed by atoms with E-state index in [1.54, 1.807) is 25.1 Å². The summed E-state index contributed by atoms with van der Waals surface area (Å²) in [7, 11) is 0. The molecular weight excluding hydrogens is 220 g/mol. The van der Waals surface area contributed by atoms with Gasteiger partial charge in [-0.05, 0) is 24.6 Å². The van der Waals surface area contributed by atoms with E-state index in [0.717, 1.165) is 5.56 Å². The van der Waals surface area contributed by atoms with Crippen molar-refractivity contribution in [1.29, 1.82) is 5.26 Å². The summed E-state index contributed by atoms with van der Waals surface area (Å²) in [6.45, 7) is 1.80. The molecule has 0 atom stereocenters. The Kier molecular flexibility index (Phi) is 4.23. The molecule has 0 saturated heterocycles. The second-order valence-corrected chi connectivity index (χ2v) is 3.58. The summed E-state index contributed by atoms with van der Waals surface area (Å²) >= 11 is 0. The van der Waals surface area contributed by atoms with Gasteiger partial charge in [0.15, 0.2) is 0 Å². The predicted octanol–water partition coefficient (Wildman–Crippen LogP) is 1.67. The topological polar surface area (TPSA) is 90.2 Å². The van der Waals surface area contributed by atoms with Crippen molar-refractivity contribution in [3.05, 3.63) is 29.3 Å². The summed E-state index contributed by atoms with van der Waals surface area (Å²) in [4.78, 5) is 21.7. The fraction of sp³-hybridized carbons (Fsp3) is 0.250. The smallest absolute Gasteiger partial charge is 0.303 e. The van der Waals surface area contributed by atoms with Gasteiger partial charge >= 0.3 is 5.97 Å². The predicted molar refractivity (Wildman–Crippen MR) is 61.4 cm³/mol. The Morgan fingerprint density at radius 2 is 2.12 bits per heavy atom. The highest BCUT2D eigenvalue weighted by Crippen LogP contribution is 2.16. The number of nitrogens with zero attached hydrogens (tertiary/aromatic N) is 1. The molecule has 1 aromatic carbocycles. The van der Waals surface area contributed by atoms with Gasteiger partial charge in [0.05, 0.1) is 18.1 Å². The fourth-order valence-electron chi connectivity index (χ4n) is 1.26. The van der Waals surface area contributed by atoms with Crippen LogP contribution in [-0.4, -0.2) is 17.0 Å². The number of nitriles is 1. The number of anilines is 1. The average Bonchev–Trinajstić information content (AvgIpc) is 2.29.